The van der Waals surface area contributed by atoms with Gasteiger partial charge < -0.3 is 14.5 Å². The van der Waals surface area contributed by atoms with Crippen LogP contribution in [0.15, 0.2) is 12.3 Å². The van der Waals surface area contributed by atoms with Crippen molar-refractivity contribution in [1.29, 1.82) is 0 Å². The minimum absolute atomic E-state index is 0.00436. The molecule has 24 heavy (non-hydrogen) atoms. The highest BCUT2D eigenvalue weighted by molar-refractivity contribution is 7.89. The first kappa shape index (κ1) is 17.4. The predicted octanol–water partition coefficient (Wildman–Crippen LogP) is 0.172. The van der Waals surface area contributed by atoms with E-state index in [4.69, 9.17) is 4.74 Å². The Balaban J connectivity index is 1.83. The molecule has 1 aromatic rings. The van der Waals surface area contributed by atoms with Crippen LogP contribution in [0.1, 0.15) is 13.3 Å². The molecule has 1 aromatic heterocycles. The number of fused-ring (bicyclic) bond motifs is 1. The Kier molecular flexibility index (Phi) is 4.93. The van der Waals surface area contributed by atoms with Crippen molar-refractivity contribution in [3.8, 4) is 0 Å². The average molecular weight is 355 g/mol. The van der Waals surface area contributed by atoms with Crippen LogP contribution in [0.5, 0.6) is 0 Å². The molecule has 134 valence electrons. The van der Waals surface area contributed by atoms with Crippen molar-refractivity contribution in [1.82, 2.24) is 14.3 Å². The van der Waals surface area contributed by atoms with Crippen LogP contribution < -0.4 is 9.80 Å². The largest absolute Gasteiger partial charge is 0.373 e. The smallest absolute Gasteiger partial charge is 0.226 e. The molecule has 2 aliphatic rings. The van der Waals surface area contributed by atoms with Gasteiger partial charge >= 0.3 is 0 Å². The van der Waals surface area contributed by atoms with E-state index in [9.17, 15) is 8.42 Å². The lowest BCUT2D eigenvalue weighted by molar-refractivity contribution is 0.0328. The molecular formula is C15H25N5O3S. The molecule has 2 aliphatic heterocycles. The van der Waals surface area contributed by atoms with Gasteiger partial charge in [-0.15, -0.1) is 0 Å². The third kappa shape index (κ3) is 3.33. The first-order chi connectivity index (χ1) is 11.4. The lowest BCUT2D eigenvalue weighted by atomic mass is 10.1. The molecule has 0 amide bonds. The van der Waals surface area contributed by atoms with Gasteiger partial charge in [0.1, 0.15) is 5.82 Å². The number of sulfonamides is 1. The molecule has 2 fully saturated rings. The van der Waals surface area contributed by atoms with Crippen LogP contribution in [-0.4, -0.2) is 80.9 Å². The van der Waals surface area contributed by atoms with Crippen molar-refractivity contribution in [2.45, 2.75) is 25.5 Å². The summed E-state index contributed by atoms with van der Waals surface area (Å²) in [7, 11) is 0.587. The Morgan fingerprint density at radius 1 is 1.38 bits per heavy atom. The Labute approximate surface area is 143 Å². The van der Waals surface area contributed by atoms with Crippen LogP contribution in [-0.2, 0) is 14.8 Å². The molecule has 0 bridgehead atoms. The lowest BCUT2D eigenvalue weighted by Gasteiger charge is -2.37. The first-order valence-electron chi connectivity index (χ1n) is 8.29. The van der Waals surface area contributed by atoms with E-state index in [1.54, 1.807) is 10.5 Å². The maximum atomic E-state index is 12.4. The van der Waals surface area contributed by atoms with Crippen LogP contribution >= 0.6 is 0 Å². The van der Waals surface area contributed by atoms with E-state index in [0.717, 1.165) is 5.82 Å². The van der Waals surface area contributed by atoms with Crippen molar-refractivity contribution in [2.24, 2.45) is 0 Å². The normalized spacial score (nSPS) is 24.9. The van der Waals surface area contributed by atoms with E-state index in [2.05, 4.69) is 14.9 Å². The molecule has 0 radical (unpaired) electrons. The molecule has 0 aliphatic carbocycles. The van der Waals surface area contributed by atoms with E-state index in [1.165, 1.54) is 0 Å². The van der Waals surface area contributed by atoms with Crippen LogP contribution in [0, 0.1) is 0 Å². The molecule has 0 unspecified atom stereocenters. The Morgan fingerprint density at radius 3 is 2.88 bits per heavy atom. The molecular weight excluding hydrogens is 330 g/mol. The molecule has 0 spiro atoms. The number of anilines is 2. The van der Waals surface area contributed by atoms with Crippen LogP contribution in [0.4, 0.5) is 11.8 Å². The van der Waals surface area contributed by atoms with Gasteiger partial charge in [0, 0.05) is 39.9 Å². The second-order valence-corrected chi connectivity index (χ2v) is 8.50. The van der Waals surface area contributed by atoms with Crippen LogP contribution in [0.25, 0.3) is 0 Å². The summed E-state index contributed by atoms with van der Waals surface area (Å²) in [6.45, 7) is 4.04. The SMILES string of the molecule is CCCS(=O)(=O)N1C[C@H]2OCCN(c3ccnc(N(C)C)n3)[C@H]2C1. The summed E-state index contributed by atoms with van der Waals surface area (Å²) in [5, 5.41) is 0. The fourth-order valence-corrected chi connectivity index (χ4v) is 4.80. The number of hydrogen-bond donors (Lipinski definition) is 0. The quantitative estimate of drug-likeness (QED) is 0.745. The van der Waals surface area contributed by atoms with Crippen molar-refractivity contribution in [2.75, 3.05) is 55.9 Å². The summed E-state index contributed by atoms with van der Waals surface area (Å²) in [6, 6.07) is 1.87. The average Bonchev–Trinajstić information content (AvgIpc) is 3.00. The molecule has 8 nitrogen and oxygen atoms in total. The summed E-state index contributed by atoms with van der Waals surface area (Å²) in [5.74, 6) is 1.65. The van der Waals surface area contributed by atoms with E-state index in [1.807, 2.05) is 32.0 Å². The predicted molar refractivity (Wildman–Crippen MR) is 92.9 cm³/mol. The number of rotatable bonds is 5. The zero-order valence-electron chi connectivity index (χ0n) is 14.4. The van der Waals surface area contributed by atoms with Gasteiger partial charge in [0.05, 0.1) is 24.5 Å². The number of nitrogens with zero attached hydrogens (tertiary/aromatic N) is 5. The van der Waals surface area contributed by atoms with Gasteiger partial charge in [-0.05, 0) is 12.5 Å². The van der Waals surface area contributed by atoms with E-state index < -0.39 is 10.0 Å². The van der Waals surface area contributed by atoms with E-state index >= 15 is 0 Å². The highest BCUT2D eigenvalue weighted by atomic mass is 32.2. The minimum Gasteiger partial charge on any atom is -0.373 e. The Morgan fingerprint density at radius 2 is 2.17 bits per heavy atom. The minimum atomic E-state index is -3.21. The number of aromatic nitrogens is 2. The zero-order valence-corrected chi connectivity index (χ0v) is 15.2. The van der Waals surface area contributed by atoms with Gasteiger partial charge in [-0.2, -0.15) is 9.29 Å². The molecule has 3 heterocycles. The summed E-state index contributed by atoms with van der Waals surface area (Å²) in [4.78, 5) is 12.9. The molecule has 3 rings (SSSR count). The second-order valence-electron chi connectivity index (χ2n) is 6.41. The molecule has 0 aromatic carbocycles. The third-order valence-corrected chi connectivity index (χ3v) is 6.45. The van der Waals surface area contributed by atoms with Crippen molar-refractivity contribution < 1.29 is 13.2 Å². The zero-order chi connectivity index (χ0) is 17.3. The molecule has 9 heteroatoms. The summed E-state index contributed by atoms with van der Waals surface area (Å²) in [5.41, 5.74) is 0. The van der Waals surface area contributed by atoms with Crippen LogP contribution in [0.3, 0.4) is 0 Å². The highest BCUT2D eigenvalue weighted by Crippen LogP contribution is 2.29. The fourth-order valence-electron chi connectivity index (χ4n) is 3.27. The van der Waals surface area contributed by atoms with Gasteiger partial charge in [0.2, 0.25) is 16.0 Å². The summed E-state index contributed by atoms with van der Waals surface area (Å²) in [6.07, 6.45) is 2.25. The van der Waals surface area contributed by atoms with Crippen molar-refractivity contribution in [3.05, 3.63) is 12.3 Å². The van der Waals surface area contributed by atoms with Crippen molar-refractivity contribution in [3.63, 3.8) is 0 Å². The van der Waals surface area contributed by atoms with Crippen LogP contribution in [0.2, 0.25) is 0 Å². The van der Waals surface area contributed by atoms with Gasteiger partial charge in [-0.3, -0.25) is 0 Å². The Bertz CT molecular complexity index is 681. The van der Waals surface area contributed by atoms with Gasteiger partial charge in [-0.25, -0.2) is 13.4 Å². The third-order valence-electron chi connectivity index (χ3n) is 4.45. The maximum absolute atomic E-state index is 12.4. The maximum Gasteiger partial charge on any atom is 0.226 e. The molecule has 0 saturated carbocycles. The monoisotopic (exact) mass is 355 g/mol. The van der Waals surface area contributed by atoms with Gasteiger partial charge in [-0.1, -0.05) is 6.92 Å². The molecule has 2 atom stereocenters. The Hall–Kier alpha value is -1.45. The summed E-state index contributed by atoms with van der Waals surface area (Å²) < 4.78 is 32.2. The van der Waals surface area contributed by atoms with E-state index in [-0.39, 0.29) is 17.9 Å². The lowest BCUT2D eigenvalue weighted by Crippen LogP contribution is -2.51. The highest BCUT2D eigenvalue weighted by Gasteiger charge is 2.44. The molecule has 2 saturated heterocycles. The van der Waals surface area contributed by atoms with Crippen molar-refractivity contribution >= 4 is 21.8 Å². The van der Waals surface area contributed by atoms with E-state index in [0.29, 0.717) is 38.6 Å². The fraction of sp³-hybridized carbons (Fsp3) is 0.733. The standard InChI is InChI=1S/C15H25N5O3S/c1-4-9-24(21,22)19-10-12-13(11-19)23-8-7-20(12)14-5-6-16-15(17-14)18(2)3/h5-6,12-13H,4,7-11H2,1-3H3/t12-,13+/m0/s1. The summed E-state index contributed by atoms with van der Waals surface area (Å²) >= 11 is 0. The topological polar surface area (TPSA) is 78.9 Å². The van der Waals surface area contributed by atoms with Gasteiger partial charge in [0.15, 0.2) is 0 Å². The molecule has 0 N–H and O–H groups in total. The first-order valence-corrected chi connectivity index (χ1v) is 9.89. The number of morpholine rings is 1. The second kappa shape index (κ2) is 6.81. The number of hydrogen-bond acceptors (Lipinski definition) is 7. The van der Waals surface area contributed by atoms with Gasteiger partial charge in [0.25, 0.3) is 0 Å². The number of ether oxygens (including phenoxy) is 1.